The van der Waals surface area contributed by atoms with Crippen LogP contribution in [-0.2, 0) is 4.74 Å². The normalized spacial score (nSPS) is 9.47. The maximum atomic E-state index is 13.2. The van der Waals surface area contributed by atoms with Crippen molar-refractivity contribution >= 4 is 11.7 Å². The topological polar surface area (TPSA) is 61.5 Å². The molecule has 0 unspecified atom stereocenters. The van der Waals surface area contributed by atoms with E-state index in [1.807, 2.05) is 0 Å². The molecule has 0 saturated carbocycles. The molecular weight excluding hydrogens is 225 g/mol. The lowest BCUT2D eigenvalue weighted by Crippen LogP contribution is -2.10. The van der Waals surface area contributed by atoms with E-state index in [1.54, 1.807) is 6.92 Å². The van der Waals surface area contributed by atoms with Gasteiger partial charge in [-0.25, -0.2) is 9.18 Å². The SMILES string of the molecule is C#CCOc1cc(F)cc(C(=O)OCC)c1N. The van der Waals surface area contributed by atoms with Crippen LogP contribution in [0.1, 0.15) is 17.3 Å². The number of carbonyl (C=O) groups excluding carboxylic acids is 1. The van der Waals surface area contributed by atoms with Gasteiger partial charge in [0, 0.05) is 6.07 Å². The molecular formula is C12H12FNO3. The van der Waals surface area contributed by atoms with Crippen molar-refractivity contribution in [1.82, 2.24) is 0 Å². The summed E-state index contributed by atoms with van der Waals surface area (Å²) < 4.78 is 23.0. The molecule has 0 bridgehead atoms. The molecule has 1 aromatic rings. The summed E-state index contributed by atoms with van der Waals surface area (Å²) >= 11 is 0. The average Bonchev–Trinajstić information content (AvgIpc) is 2.30. The van der Waals surface area contributed by atoms with Crippen molar-refractivity contribution < 1.29 is 18.7 Å². The number of nitrogens with two attached hydrogens (primary N) is 1. The van der Waals surface area contributed by atoms with Crippen molar-refractivity contribution in [2.45, 2.75) is 6.92 Å². The van der Waals surface area contributed by atoms with Crippen molar-refractivity contribution in [3.8, 4) is 18.1 Å². The van der Waals surface area contributed by atoms with Gasteiger partial charge in [-0.3, -0.25) is 0 Å². The van der Waals surface area contributed by atoms with Crippen LogP contribution in [-0.4, -0.2) is 19.2 Å². The number of rotatable bonds is 4. The van der Waals surface area contributed by atoms with Gasteiger partial charge in [-0.1, -0.05) is 5.92 Å². The number of hydrogen-bond acceptors (Lipinski definition) is 4. The third kappa shape index (κ3) is 3.11. The summed E-state index contributed by atoms with van der Waals surface area (Å²) in [5.74, 6) is 0.910. The average molecular weight is 237 g/mol. The Morgan fingerprint density at radius 2 is 2.29 bits per heavy atom. The van der Waals surface area contributed by atoms with E-state index in [1.165, 1.54) is 0 Å². The number of ether oxygens (including phenoxy) is 2. The van der Waals surface area contributed by atoms with E-state index in [4.69, 9.17) is 21.6 Å². The van der Waals surface area contributed by atoms with Gasteiger partial charge in [-0.05, 0) is 13.0 Å². The van der Waals surface area contributed by atoms with Crippen molar-refractivity contribution in [1.29, 1.82) is 0 Å². The maximum absolute atomic E-state index is 13.2. The molecule has 17 heavy (non-hydrogen) atoms. The lowest BCUT2D eigenvalue weighted by molar-refractivity contribution is 0.0526. The van der Waals surface area contributed by atoms with Crippen molar-refractivity contribution in [2.75, 3.05) is 18.9 Å². The van der Waals surface area contributed by atoms with Crippen LogP contribution in [0.2, 0.25) is 0 Å². The smallest absolute Gasteiger partial charge is 0.340 e. The third-order valence-corrected chi connectivity index (χ3v) is 1.91. The largest absolute Gasteiger partial charge is 0.479 e. The quantitative estimate of drug-likeness (QED) is 0.491. The Kier molecular flexibility index (Phi) is 4.35. The summed E-state index contributed by atoms with van der Waals surface area (Å²) in [6.07, 6.45) is 5.01. The fourth-order valence-electron chi connectivity index (χ4n) is 1.21. The fraction of sp³-hybridized carbons (Fsp3) is 0.250. The van der Waals surface area contributed by atoms with Crippen LogP contribution in [0.5, 0.6) is 5.75 Å². The lowest BCUT2D eigenvalue weighted by atomic mass is 10.1. The minimum Gasteiger partial charge on any atom is -0.479 e. The first kappa shape index (κ1) is 12.8. The van der Waals surface area contributed by atoms with Gasteiger partial charge in [-0.2, -0.15) is 0 Å². The molecule has 0 amide bonds. The molecule has 0 heterocycles. The van der Waals surface area contributed by atoms with E-state index >= 15 is 0 Å². The van der Waals surface area contributed by atoms with Gasteiger partial charge in [0.25, 0.3) is 0 Å². The van der Waals surface area contributed by atoms with Crippen molar-refractivity contribution in [2.24, 2.45) is 0 Å². The second-order valence-electron chi connectivity index (χ2n) is 3.08. The Morgan fingerprint density at radius 1 is 1.59 bits per heavy atom. The number of benzene rings is 1. The summed E-state index contributed by atoms with van der Waals surface area (Å²) in [5, 5.41) is 0. The molecule has 0 aliphatic rings. The summed E-state index contributed by atoms with van der Waals surface area (Å²) in [4.78, 5) is 11.5. The van der Waals surface area contributed by atoms with Crippen molar-refractivity contribution in [3.63, 3.8) is 0 Å². The zero-order chi connectivity index (χ0) is 12.8. The van der Waals surface area contributed by atoms with E-state index in [9.17, 15) is 9.18 Å². The summed E-state index contributed by atoms with van der Waals surface area (Å²) in [7, 11) is 0. The van der Waals surface area contributed by atoms with Gasteiger partial charge in [0.15, 0.2) is 0 Å². The van der Waals surface area contributed by atoms with Gasteiger partial charge in [0.2, 0.25) is 0 Å². The van der Waals surface area contributed by atoms with Gasteiger partial charge in [0.05, 0.1) is 17.9 Å². The third-order valence-electron chi connectivity index (χ3n) is 1.91. The Balaban J connectivity index is 3.10. The van der Waals surface area contributed by atoms with Crippen LogP contribution >= 0.6 is 0 Å². The molecule has 1 aromatic carbocycles. The Hall–Kier alpha value is -2.22. The van der Waals surface area contributed by atoms with Gasteiger partial charge < -0.3 is 15.2 Å². The zero-order valence-corrected chi connectivity index (χ0v) is 9.33. The zero-order valence-electron chi connectivity index (χ0n) is 9.33. The number of esters is 1. The number of nitrogen functional groups attached to an aromatic ring is 1. The number of carbonyl (C=O) groups is 1. The first-order valence-corrected chi connectivity index (χ1v) is 4.92. The van der Waals surface area contributed by atoms with Crippen LogP contribution in [0.25, 0.3) is 0 Å². The molecule has 0 aromatic heterocycles. The standard InChI is InChI=1S/C12H12FNO3/c1-3-5-17-10-7-8(13)6-9(11(10)14)12(15)16-4-2/h1,6-7H,4-5,14H2,2H3. The molecule has 1 rings (SSSR count). The number of hydrogen-bond donors (Lipinski definition) is 1. The summed E-state index contributed by atoms with van der Waals surface area (Å²) in [6, 6.07) is 2.06. The highest BCUT2D eigenvalue weighted by Gasteiger charge is 2.16. The first-order chi connectivity index (χ1) is 8.10. The fourth-order valence-corrected chi connectivity index (χ4v) is 1.21. The minimum absolute atomic E-state index is 0.0140. The molecule has 4 nitrogen and oxygen atoms in total. The molecule has 5 heteroatoms. The highest BCUT2D eigenvalue weighted by atomic mass is 19.1. The van der Waals surface area contributed by atoms with E-state index < -0.39 is 11.8 Å². The molecule has 0 aliphatic heterocycles. The second-order valence-corrected chi connectivity index (χ2v) is 3.08. The lowest BCUT2D eigenvalue weighted by Gasteiger charge is -2.10. The van der Waals surface area contributed by atoms with Crippen LogP contribution < -0.4 is 10.5 Å². The molecule has 0 aliphatic carbocycles. The molecule has 0 fully saturated rings. The number of halogens is 1. The van der Waals surface area contributed by atoms with Gasteiger partial charge >= 0.3 is 5.97 Å². The molecule has 0 atom stereocenters. The highest BCUT2D eigenvalue weighted by Crippen LogP contribution is 2.27. The van der Waals surface area contributed by atoms with Crippen molar-refractivity contribution in [3.05, 3.63) is 23.5 Å². The van der Waals surface area contributed by atoms with Crippen LogP contribution in [0.3, 0.4) is 0 Å². The highest BCUT2D eigenvalue weighted by molar-refractivity contribution is 5.96. The molecule has 90 valence electrons. The minimum atomic E-state index is -0.699. The van der Waals surface area contributed by atoms with Crippen LogP contribution in [0.4, 0.5) is 10.1 Å². The van der Waals surface area contributed by atoms with Crippen LogP contribution in [0, 0.1) is 18.2 Å². The monoisotopic (exact) mass is 237 g/mol. The first-order valence-electron chi connectivity index (χ1n) is 4.92. The summed E-state index contributed by atoms with van der Waals surface area (Å²) in [6.45, 7) is 1.76. The Bertz CT molecular complexity index is 466. The number of terminal acetylenes is 1. The molecule has 2 N–H and O–H groups in total. The molecule has 0 spiro atoms. The molecule has 0 radical (unpaired) electrons. The molecule has 0 saturated heterocycles. The van der Waals surface area contributed by atoms with E-state index in [0.29, 0.717) is 0 Å². The van der Waals surface area contributed by atoms with Crippen LogP contribution in [0.15, 0.2) is 12.1 Å². The summed E-state index contributed by atoms with van der Waals surface area (Å²) in [5.41, 5.74) is 5.61. The number of anilines is 1. The van der Waals surface area contributed by atoms with E-state index in [0.717, 1.165) is 12.1 Å². The predicted molar refractivity (Wildman–Crippen MR) is 61.1 cm³/mol. The Labute approximate surface area is 98.5 Å². The van der Waals surface area contributed by atoms with E-state index in [-0.39, 0.29) is 30.2 Å². The maximum Gasteiger partial charge on any atom is 0.340 e. The predicted octanol–water partition coefficient (Wildman–Crippen LogP) is 1.60. The van der Waals surface area contributed by atoms with Gasteiger partial charge in [0.1, 0.15) is 18.2 Å². The second kappa shape index (κ2) is 5.75. The van der Waals surface area contributed by atoms with E-state index in [2.05, 4.69) is 5.92 Å². The van der Waals surface area contributed by atoms with Gasteiger partial charge in [-0.15, -0.1) is 6.42 Å². The Morgan fingerprint density at radius 3 is 2.88 bits per heavy atom.